The fraction of sp³-hybridized carbons (Fsp3) is 0.118. The highest BCUT2D eigenvalue weighted by Gasteiger charge is 2.12. The lowest BCUT2D eigenvalue weighted by Gasteiger charge is -2.08. The minimum atomic E-state index is -0.424. The number of carbonyl (C=O) groups is 2. The van der Waals surface area contributed by atoms with E-state index in [9.17, 15) is 9.59 Å². The van der Waals surface area contributed by atoms with Crippen LogP contribution in [0.5, 0.6) is 5.75 Å². The summed E-state index contributed by atoms with van der Waals surface area (Å²) in [5.74, 6) is -0.366. The summed E-state index contributed by atoms with van der Waals surface area (Å²) in [6.07, 6.45) is 1.52. The zero-order valence-electron chi connectivity index (χ0n) is 13.0. The second kappa shape index (κ2) is 8.83. The van der Waals surface area contributed by atoms with Gasteiger partial charge in [-0.05, 0) is 29.8 Å². The van der Waals surface area contributed by atoms with Crippen LogP contribution in [0.3, 0.4) is 0 Å². The van der Waals surface area contributed by atoms with Crippen LogP contribution in [0.4, 0.5) is 0 Å². The van der Waals surface area contributed by atoms with Crippen LogP contribution in [0, 0.1) is 0 Å². The van der Waals surface area contributed by atoms with Crippen LogP contribution in [0.2, 0.25) is 0 Å². The highest BCUT2D eigenvalue weighted by atomic mass is 79.9. The van der Waals surface area contributed by atoms with Crippen molar-refractivity contribution >= 4 is 34.0 Å². The van der Waals surface area contributed by atoms with Crippen LogP contribution in [0.15, 0.2) is 58.1 Å². The smallest absolute Gasteiger partial charge is 0.259 e. The van der Waals surface area contributed by atoms with E-state index < -0.39 is 5.91 Å². The highest BCUT2D eigenvalue weighted by Crippen LogP contribution is 2.16. The van der Waals surface area contributed by atoms with Crippen molar-refractivity contribution in [2.75, 3.05) is 13.7 Å². The first-order chi connectivity index (χ1) is 11.6. The molecule has 0 saturated carbocycles. The van der Waals surface area contributed by atoms with Gasteiger partial charge in [0.15, 0.2) is 0 Å². The summed E-state index contributed by atoms with van der Waals surface area (Å²) in [6, 6.07) is 14.2. The Morgan fingerprint density at radius 3 is 2.58 bits per heavy atom. The number of amides is 2. The van der Waals surface area contributed by atoms with Crippen molar-refractivity contribution < 1.29 is 14.3 Å². The molecule has 124 valence electrons. The van der Waals surface area contributed by atoms with Gasteiger partial charge in [0.2, 0.25) is 0 Å². The number of carbonyl (C=O) groups excluding carboxylic acids is 2. The number of hydrogen-bond donors (Lipinski definition) is 2. The predicted octanol–water partition coefficient (Wildman–Crippen LogP) is 2.34. The molecule has 7 heteroatoms. The Morgan fingerprint density at radius 1 is 1.17 bits per heavy atom. The van der Waals surface area contributed by atoms with Crippen LogP contribution >= 0.6 is 15.9 Å². The first-order valence-electron chi connectivity index (χ1n) is 7.09. The molecule has 0 unspecified atom stereocenters. The molecular formula is C17H16BrN3O3. The van der Waals surface area contributed by atoms with Crippen molar-refractivity contribution in [3.8, 4) is 5.75 Å². The molecule has 0 radical (unpaired) electrons. The molecule has 0 aliphatic rings. The number of rotatable bonds is 6. The van der Waals surface area contributed by atoms with Crippen LogP contribution < -0.4 is 15.5 Å². The molecule has 0 heterocycles. The zero-order chi connectivity index (χ0) is 17.4. The number of methoxy groups -OCH3 is 1. The van der Waals surface area contributed by atoms with Gasteiger partial charge < -0.3 is 10.1 Å². The molecule has 0 aliphatic heterocycles. The number of hydrazone groups is 1. The number of nitrogens with zero attached hydrogens (tertiary/aromatic N) is 1. The molecule has 24 heavy (non-hydrogen) atoms. The summed E-state index contributed by atoms with van der Waals surface area (Å²) >= 11 is 3.34. The van der Waals surface area contributed by atoms with E-state index in [1.54, 1.807) is 24.3 Å². The topological polar surface area (TPSA) is 79.8 Å². The Balaban J connectivity index is 1.82. The lowest BCUT2D eigenvalue weighted by Crippen LogP contribution is -2.35. The first kappa shape index (κ1) is 17.7. The van der Waals surface area contributed by atoms with E-state index in [1.165, 1.54) is 13.3 Å². The summed E-state index contributed by atoms with van der Waals surface area (Å²) in [5, 5.41) is 6.36. The van der Waals surface area contributed by atoms with Gasteiger partial charge in [0, 0.05) is 4.47 Å². The first-order valence-corrected chi connectivity index (χ1v) is 7.88. The van der Waals surface area contributed by atoms with Crippen molar-refractivity contribution in [1.29, 1.82) is 0 Å². The van der Waals surface area contributed by atoms with E-state index in [2.05, 4.69) is 31.8 Å². The average molecular weight is 390 g/mol. The van der Waals surface area contributed by atoms with Crippen LogP contribution in [-0.4, -0.2) is 31.7 Å². The molecule has 6 nitrogen and oxygen atoms in total. The van der Waals surface area contributed by atoms with Crippen molar-refractivity contribution in [1.82, 2.24) is 10.7 Å². The van der Waals surface area contributed by atoms with Crippen LogP contribution in [0.1, 0.15) is 15.9 Å². The maximum Gasteiger partial charge on any atom is 0.259 e. The molecule has 2 N–H and O–H groups in total. The zero-order valence-corrected chi connectivity index (χ0v) is 14.5. The average Bonchev–Trinajstić information content (AvgIpc) is 2.61. The molecule has 2 aromatic carbocycles. The fourth-order valence-electron chi connectivity index (χ4n) is 1.86. The summed E-state index contributed by atoms with van der Waals surface area (Å²) < 4.78 is 6.07. The van der Waals surface area contributed by atoms with Gasteiger partial charge in [-0.1, -0.05) is 40.2 Å². The van der Waals surface area contributed by atoms with Crippen molar-refractivity contribution in [2.24, 2.45) is 5.10 Å². The maximum atomic E-state index is 12.0. The molecule has 2 amide bonds. The van der Waals surface area contributed by atoms with Gasteiger partial charge >= 0.3 is 0 Å². The summed E-state index contributed by atoms with van der Waals surface area (Å²) in [7, 11) is 1.48. The minimum absolute atomic E-state index is 0.186. The van der Waals surface area contributed by atoms with E-state index in [4.69, 9.17) is 4.74 Å². The van der Waals surface area contributed by atoms with Gasteiger partial charge in [-0.25, -0.2) is 5.43 Å². The van der Waals surface area contributed by atoms with Gasteiger partial charge in [-0.3, -0.25) is 9.59 Å². The number of halogens is 1. The van der Waals surface area contributed by atoms with Crippen LogP contribution in [-0.2, 0) is 4.79 Å². The fourth-order valence-corrected chi connectivity index (χ4v) is 2.12. The monoisotopic (exact) mass is 389 g/mol. The van der Waals surface area contributed by atoms with E-state index in [0.29, 0.717) is 11.3 Å². The Bertz CT molecular complexity index is 745. The quantitative estimate of drug-likeness (QED) is 0.587. The van der Waals surface area contributed by atoms with Crippen LogP contribution in [0.25, 0.3) is 0 Å². The molecule has 0 saturated heterocycles. The van der Waals surface area contributed by atoms with E-state index in [0.717, 1.165) is 10.0 Å². The van der Waals surface area contributed by atoms with Gasteiger partial charge in [0.25, 0.3) is 11.8 Å². The van der Waals surface area contributed by atoms with Crippen molar-refractivity contribution in [3.63, 3.8) is 0 Å². The molecule has 0 atom stereocenters. The lowest BCUT2D eigenvalue weighted by molar-refractivity contribution is -0.120. The molecule has 0 aromatic heterocycles. The Morgan fingerprint density at radius 2 is 1.88 bits per heavy atom. The molecule has 2 rings (SSSR count). The van der Waals surface area contributed by atoms with Gasteiger partial charge in [-0.15, -0.1) is 0 Å². The highest BCUT2D eigenvalue weighted by molar-refractivity contribution is 9.10. The summed E-state index contributed by atoms with van der Waals surface area (Å²) in [6.45, 7) is -0.186. The minimum Gasteiger partial charge on any atom is -0.496 e. The molecule has 2 aromatic rings. The third-order valence-corrected chi connectivity index (χ3v) is 3.56. The molecule has 0 fully saturated rings. The number of para-hydroxylation sites is 1. The standard InChI is InChI=1S/C17H16BrN3O3/c1-24-15-5-3-2-4-14(15)17(23)19-11-16(22)21-20-10-12-6-8-13(18)9-7-12/h2-10H,11H2,1H3,(H,19,23)(H,21,22)/b20-10-. The Labute approximate surface area is 148 Å². The summed E-state index contributed by atoms with van der Waals surface area (Å²) in [4.78, 5) is 23.7. The Kier molecular flexibility index (Phi) is 6.51. The molecule has 0 aliphatic carbocycles. The van der Waals surface area contributed by atoms with E-state index in [-0.39, 0.29) is 12.5 Å². The maximum absolute atomic E-state index is 12.0. The number of hydrogen-bond acceptors (Lipinski definition) is 4. The second-order valence-electron chi connectivity index (χ2n) is 4.73. The number of nitrogens with one attached hydrogen (secondary N) is 2. The Hall–Kier alpha value is -2.67. The third-order valence-electron chi connectivity index (χ3n) is 3.03. The van der Waals surface area contributed by atoms with Gasteiger partial charge in [-0.2, -0.15) is 5.10 Å². The number of benzene rings is 2. The third kappa shape index (κ3) is 5.20. The SMILES string of the molecule is COc1ccccc1C(=O)NCC(=O)N/N=C\c1ccc(Br)cc1. The lowest BCUT2D eigenvalue weighted by atomic mass is 10.2. The van der Waals surface area contributed by atoms with E-state index in [1.807, 2.05) is 24.3 Å². The molecule has 0 spiro atoms. The van der Waals surface area contributed by atoms with Gasteiger partial charge in [0.1, 0.15) is 5.75 Å². The molecular weight excluding hydrogens is 374 g/mol. The van der Waals surface area contributed by atoms with E-state index >= 15 is 0 Å². The largest absolute Gasteiger partial charge is 0.496 e. The van der Waals surface area contributed by atoms with Gasteiger partial charge in [0.05, 0.1) is 25.4 Å². The normalized spacial score (nSPS) is 10.4. The second-order valence-corrected chi connectivity index (χ2v) is 5.64. The van der Waals surface area contributed by atoms with Crippen molar-refractivity contribution in [2.45, 2.75) is 0 Å². The summed E-state index contributed by atoms with van der Waals surface area (Å²) in [5.41, 5.74) is 3.56. The molecule has 0 bridgehead atoms. The predicted molar refractivity (Wildman–Crippen MR) is 95.2 cm³/mol. The number of ether oxygens (including phenoxy) is 1. The van der Waals surface area contributed by atoms with Crippen molar-refractivity contribution in [3.05, 3.63) is 64.1 Å².